The number of aliphatic hydroxyl groups excluding tert-OH is 1. The molecule has 3 nitrogen and oxygen atoms in total. The summed E-state index contributed by atoms with van der Waals surface area (Å²) in [4.78, 5) is 14.6. The first kappa shape index (κ1) is 14.1. The molecule has 4 heteroatoms. The highest BCUT2D eigenvalue weighted by Gasteiger charge is 2.16. The number of aliphatic hydroxyl groups is 1. The predicted molar refractivity (Wildman–Crippen MR) is 71.3 cm³/mol. The van der Waals surface area contributed by atoms with Crippen LogP contribution in [-0.4, -0.2) is 35.1 Å². The van der Waals surface area contributed by atoms with Crippen LogP contribution in [-0.2, 0) is 11.2 Å². The Morgan fingerprint density at radius 1 is 1.35 bits per heavy atom. The standard InChI is InChI=1S/C13H19NO2S/c1-10(2)14(7-8-15)13(16)9-11-3-5-12(17)6-4-11/h3-6,10,15,17H,7-9H2,1-2H3. The van der Waals surface area contributed by atoms with Crippen LogP contribution in [0.2, 0.25) is 0 Å². The van der Waals surface area contributed by atoms with E-state index in [0.717, 1.165) is 10.5 Å². The highest BCUT2D eigenvalue weighted by molar-refractivity contribution is 7.80. The van der Waals surface area contributed by atoms with E-state index in [-0.39, 0.29) is 18.6 Å². The van der Waals surface area contributed by atoms with Crippen molar-refractivity contribution < 1.29 is 9.90 Å². The van der Waals surface area contributed by atoms with Crippen molar-refractivity contribution in [1.29, 1.82) is 0 Å². The number of carbonyl (C=O) groups excluding carboxylic acids is 1. The van der Waals surface area contributed by atoms with Crippen LogP contribution in [0.3, 0.4) is 0 Å². The number of hydrogen-bond acceptors (Lipinski definition) is 3. The van der Waals surface area contributed by atoms with Crippen LogP contribution in [0.4, 0.5) is 0 Å². The van der Waals surface area contributed by atoms with Gasteiger partial charge in [0.15, 0.2) is 0 Å². The Balaban J connectivity index is 2.66. The number of rotatable bonds is 5. The van der Waals surface area contributed by atoms with E-state index in [0.29, 0.717) is 13.0 Å². The number of nitrogens with zero attached hydrogens (tertiary/aromatic N) is 1. The van der Waals surface area contributed by atoms with Gasteiger partial charge in [-0.2, -0.15) is 0 Å². The number of carbonyl (C=O) groups is 1. The van der Waals surface area contributed by atoms with Crippen LogP contribution in [0, 0.1) is 0 Å². The molecule has 1 N–H and O–H groups in total. The van der Waals surface area contributed by atoms with Crippen LogP contribution >= 0.6 is 12.6 Å². The van der Waals surface area contributed by atoms with Gasteiger partial charge in [-0.05, 0) is 31.5 Å². The Bertz CT molecular complexity index is 362. The van der Waals surface area contributed by atoms with Gasteiger partial charge in [0.25, 0.3) is 0 Å². The van der Waals surface area contributed by atoms with Crippen LogP contribution in [0.1, 0.15) is 19.4 Å². The van der Waals surface area contributed by atoms with Crippen LogP contribution in [0.25, 0.3) is 0 Å². The predicted octanol–water partition coefficient (Wildman–Crippen LogP) is 1.75. The molecule has 0 bridgehead atoms. The first-order valence-corrected chi connectivity index (χ1v) is 6.17. The molecule has 0 unspecified atom stereocenters. The highest BCUT2D eigenvalue weighted by Crippen LogP contribution is 2.10. The lowest BCUT2D eigenvalue weighted by molar-refractivity contribution is -0.132. The minimum Gasteiger partial charge on any atom is -0.395 e. The van der Waals surface area contributed by atoms with Gasteiger partial charge in [0, 0.05) is 17.5 Å². The summed E-state index contributed by atoms with van der Waals surface area (Å²) >= 11 is 4.20. The van der Waals surface area contributed by atoms with E-state index in [1.165, 1.54) is 0 Å². The molecule has 17 heavy (non-hydrogen) atoms. The van der Waals surface area contributed by atoms with E-state index < -0.39 is 0 Å². The Hall–Kier alpha value is -1.00. The Labute approximate surface area is 108 Å². The molecule has 0 aliphatic carbocycles. The lowest BCUT2D eigenvalue weighted by atomic mass is 10.1. The van der Waals surface area contributed by atoms with Gasteiger partial charge in [-0.1, -0.05) is 12.1 Å². The van der Waals surface area contributed by atoms with E-state index in [2.05, 4.69) is 12.6 Å². The maximum absolute atomic E-state index is 12.0. The van der Waals surface area contributed by atoms with E-state index in [4.69, 9.17) is 5.11 Å². The molecule has 0 aromatic heterocycles. The number of benzene rings is 1. The van der Waals surface area contributed by atoms with Crippen molar-refractivity contribution in [3.8, 4) is 0 Å². The van der Waals surface area contributed by atoms with Crippen molar-refractivity contribution in [2.75, 3.05) is 13.2 Å². The van der Waals surface area contributed by atoms with Crippen molar-refractivity contribution >= 4 is 18.5 Å². The molecule has 0 atom stereocenters. The molecular weight excluding hydrogens is 234 g/mol. The molecule has 0 spiro atoms. The zero-order valence-electron chi connectivity index (χ0n) is 10.3. The van der Waals surface area contributed by atoms with Crippen molar-refractivity contribution in [3.63, 3.8) is 0 Å². The zero-order valence-corrected chi connectivity index (χ0v) is 11.2. The fourth-order valence-electron chi connectivity index (χ4n) is 1.67. The first-order chi connectivity index (χ1) is 8.04. The normalized spacial score (nSPS) is 10.6. The third kappa shape index (κ3) is 4.40. The molecule has 1 amide bonds. The van der Waals surface area contributed by atoms with Gasteiger partial charge >= 0.3 is 0 Å². The van der Waals surface area contributed by atoms with Gasteiger partial charge in [0.05, 0.1) is 13.0 Å². The quantitative estimate of drug-likeness (QED) is 0.785. The number of hydrogen-bond donors (Lipinski definition) is 2. The van der Waals surface area contributed by atoms with Gasteiger partial charge < -0.3 is 10.0 Å². The smallest absolute Gasteiger partial charge is 0.227 e. The van der Waals surface area contributed by atoms with E-state index in [9.17, 15) is 4.79 Å². The number of amides is 1. The molecule has 94 valence electrons. The van der Waals surface area contributed by atoms with Gasteiger partial charge in [-0.25, -0.2) is 0 Å². The fraction of sp³-hybridized carbons (Fsp3) is 0.462. The summed E-state index contributed by atoms with van der Waals surface area (Å²) in [6.07, 6.45) is 0.367. The molecule has 1 aromatic carbocycles. The molecule has 0 saturated heterocycles. The molecule has 0 radical (unpaired) electrons. The van der Waals surface area contributed by atoms with Crippen molar-refractivity contribution in [1.82, 2.24) is 4.90 Å². The molecule has 0 saturated carbocycles. The second-order valence-electron chi connectivity index (χ2n) is 4.25. The van der Waals surface area contributed by atoms with E-state index >= 15 is 0 Å². The van der Waals surface area contributed by atoms with Crippen LogP contribution in [0.15, 0.2) is 29.2 Å². The van der Waals surface area contributed by atoms with Gasteiger partial charge in [0.2, 0.25) is 5.91 Å². The minimum atomic E-state index is -0.000498. The third-order valence-corrected chi connectivity index (χ3v) is 2.87. The summed E-state index contributed by atoms with van der Waals surface area (Å²) in [6.45, 7) is 4.29. The topological polar surface area (TPSA) is 40.5 Å². The molecule has 1 aromatic rings. The zero-order chi connectivity index (χ0) is 12.8. The first-order valence-electron chi connectivity index (χ1n) is 5.73. The van der Waals surface area contributed by atoms with Crippen LogP contribution < -0.4 is 0 Å². The molecule has 0 aliphatic rings. The summed E-state index contributed by atoms with van der Waals surface area (Å²) in [6, 6.07) is 7.66. The SMILES string of the molecule is CC(C)N(CCO)C(=O)Cc1ccc(S)cc1. The van der Waals surface area contributed by atoms with Gasteiger partial charge in [-0.3, -0.25) is 4.79 Å². The fourth-order valence-corrected chi connectivity index (χ4v) is 1.82. The maximum atomic E-state index is 12.0. The van der Waals surface area contributed by atoms with Gasteiger partial charge in [0.1, 0.15) is 0 Å². The monoisotopic (exact) mass is 253 g/mol. The van der Waals surface area contributed by atoms with Crippen molar-refractivity contribution in [3.05, 3.63) is 29.8 Å². The molecule has 0 aliphatic heterocycles. The molecule has 0 heterocycles. The van der Waals surface area contributed by atoms with E-state index in [1.807, 2.05) is 38.1 Å². The second kappa shape index (κ2) is 6.67. The molecular formula is C13H19NO2S. The highest BCUT2D eigenvalue weighted by atomic mass is 32.1. The van der Waals surface area contributed by atoms with Crippen molar-refractivity contribution in [2.24, 2.45) is 0 Å². The van der Waals surface area contributed by atoms with Crippen molar-refractivity contribution in [2.45, 2.75) is 31.2 Å². The lowest BCUT2D eigenvalue weighted by Crippen LogP contribution is -2.39. The summed E-state index contributed by atoms with van der Waals surface area (Å²) < 4.78 is 0. The Morgan fingerprint density at radius 2 is 1.94 bits per heavy atom. The second-order valence-corrected chi connectivity index (χ2v) is 4.76. The van der Waals surface area contributed by atoms with Crippen LogP contribution in [0.5, 0.6) is 0 Å². The molecule has 0 fully saturated rings. The summed E-state index contributed by atoms with van der Waals surface area (Å²) in [7, 11) is 0. The largest absolute Gasteiger partial charge is 0.395 e. The number of thiol groups is 1. The summed E-state index contributed by atoms with van der Waals surface area (Å²) in [5.74, 6) is 0.0426. The molecule has 1 rings (SSSR count). The average Bonchev–Trinajstić information content (AvgIpc) is 2.28. The summed E-state index contributed by atoms with van der Waals surface area (Å²) in [5, 5.41) is 8.93. The Morgan fingerprint density at radius 3 is 2.41 bits per heavy atom. The minimum absolute atomic E-state index is 0.000498. The Kier molecular flexibility index (Phi) is 5.51. The average molecular weight is 253 g/mol. The van der Waals surface area contributed by atoms with E-state index in [1.54, 1.807) is 4.90 Å². The maximum Gasteiger partial charge on any atom is 0.227 e. The summed E-state index contributed by atoms with van der Waals surface area (Å²) in [5.41, 5.74) is 0.969. The third-order valence-electron chi connectivity index (χ3n) is 2.58. The van der Waals surface area contributed by atoms with Gasteiger partial charge in [-0.15, -0.1) is 12.6 Å². The lowest BCUT2D eigenvalue weighted by Gasteiger charge is -2.26.